The second-order valence-electron chi connectivity index (χ2n) is 11.8. The lowest BCUT2D eigenvalue weighted by atomic mass is 9.62. The highest BCUT2D eigenvalue weighted by atomic mass is 16.7. The van der Waals surface area contributed by atoms with Gasteiger partial charge in [-0.1, -0.05) is 56.2 Å². The number of amides is 2. The average molecular weight is 515 g/mol. The third kappa shape index (κ3) is 3.69. The molecule has 0 radical (unpaired) electrons. The van der Waals surface area contributed by atoms with Gasteiger partial charge in [0.15, 0.2) is 5.71 Å². The number of hydrogen-bond donors (Lipinski definition) is 0. The van der Waals surface area contributed by atoms with Crippen LogP contribution >= 0.6 is 0 Å². The van der Waals surface area contributed by atoms with Gasteiger partial charge in [0.1, 0.15) is 0 Å². The van der Waals surface area contributed by atoms with Crippen LogP contribution in [-0.4, -0.2) is 52.8 Å². The van der Waals surface area contributed by atoms with Crippen LogP contribution in [-0.2, 0) is 30.1 Å². The van der Waals surface area contributed by atoms with Crippen molar-refractivity contribution in [3.63, 3.8) is 0 Å². The van der Waals surface area contributed by atoms with Gasteiger partial charge in [0, 0.05) is 55.1 Å². The van der Waals surface area contributed by atoms with Crippen LogP contribution in [0.15, 0.2) is 48.5 Å². The van der Waals surface area contributed by atoms with Gasteiger partial charge in [-0.15, -0.1) is 5.06 Å². The maximum Gasteiger partial charge on any atom is 0.398 e. The summed E-state index contributed by atoms with van der Waals surface area (Å²) in [5, 5.41) is 0.651. The van der Waals surface area contributed by atoms with Gasteiger partial charge in [-0.05, 0) is 37.8 Å². The Balaban J connectivity index is 1.43. The molecule has 2 aromatic carbocycles. The van der Waals surface area contributed by atoms with E-state index in [-0.39, 0.29) is 30.2 Å². The number of benzene rings is 2. The molecule has 2 aromatic rings. The van der Waals surface area contributed by atoms with Gasteiger partial charge in [0.2, 0.25) is 12.2 Å². The minimum Gasteiger partial charge on any atom is -0.370 e. The van der Waals surface area contributed by atoms with Crippen LogP contribution in [0.4, 0.5) is 11.4 Å². The van der Waals surface area contributed by atoms with Gasteiger partial charge in [0.25, 0.3) is 11.8 Å². The third-order valence-corrected chi connectivity index (χ3v) is 9.45. The maximum atomic E-state index is 13.1. The second kappa shape index (κ2) is 9.07. The number of carbonyl (C=O) groups excluding carboxylic acids is 3. The predicted octanol–water partition coefficient (Wildman–Crippen LogP) is 4.78. The van der Waals surface area contributed by atoms with Gasteiger partial charge >= 0.3 is 5.97 Å². The van der Waals surface area contributed by atoms with Crippen molar-refractivity contribution in [2.75, 3.05) is 18.5 Å². The number of carbonyl (C=O) groups is 3. The third-order valence-electron chi connectivity index (χ3n) is 9.45. The Morgan fingerprint density at radius 3 is 2.39 bits per heavy atom. The lowest BCUT2D eigenvalue weighted by Crippen LogP contribution is -2.48. The molecule has 38 heavy (non-hydrogen) atoms. The number of anilines is 1. The molecule has 3 heterocycles. The molecule has 4 aliphatic rings. The molecule has 7 nitrogen and oxygen atoms in total. The minimum atomic E-state index is -0.590. The summed E-state index contributed by atoms with van der Waals surface area (Å²) in [4.78, 5) is 45.1. The van der Waals surface area contributed by atoms with Gasteiger partial charge in [-0.2, -0.15) is 4.58 Å². The normalized spacial score (nSPS) is 28.7. The number of rotatable bonds is 3. The molecule has 3 unspecified atom stereocenters. The monoisotopic (exact) mass is 514 g/mol. The van der Waals surface area contributed by atoms with E-state index < -0.39 is 17.8 Å². The summed E-state index contributed by atoms with van der Waals surface area (Å²) in [6, 6.07) is 17.6. The molecular formula is C31H36N3O4+. The van der Waals surface area contributed by atoms with E-state index in [9.17, 15) is 14.4 Å². The lowest BCUT2D eigenvalue weighted by molar-refractivity contribution is -0.432. The van der Waals surface area contributed by atoms with Crippen LogP contribution in [0, 0.1) is 0 Å². The Morgan fingerprint density at radius 2 is 1.63 bits per heavy atom. The van der Waals surface area contributed by atoms with Crippen LogP contribution in [0.3, 0.4) is 0 Å². The summed E-state index contributed by atoms with van der Waals surface area (Å²) in [5.41, 5.74) is 5.83. The van der Waals surface area contributed by atoms with Crippen molar-refractivity contribution < 1.29 is 23.8 Å². The van der Waals surface area contributed by atoms with Crippen molar-refractivity contribution in [2.24, 2.45) is 0 Å². The number of nitrogens with zero attached hydrogens (tertiary/aromatic N) is 3. The Hall–Kier alpha value is -3.48. The van der Waals surface area contributed by atoms with Gasteiger partial charge in [-0.3, -0.25) is 9.59 Å². The molecule has 0 N–H and O–H groups in total. The zero-order valence-electron chi connectivity index (χ0n) is 22.5. The van der Waals surface area contributed by atoms with Crippen LogP contribution in [0.2, 0.25) is 0 Å². The van der Waals surface area contributed by atoms with Crippen molar-refractivity contribution in [2.45, 2.75) is 82.1 Å². The summed E-state index contributed by atoms with van der Waals surface area (Å²) in [5.74, 6) is -1.50. The van der Waals surface area contributed by atoms with E-state index in [4.69, 9.17) is 4.84 Å². The highest BCUT2D eigenvalue weighted by molar-refractivity contribution is 6.02. The van der Waals surface area contributed by atoms with E-state index in [0.717, 1.165) is 44.2 Å². The van der Waals surface area contributed by atoms with E-state index in [2.05, 4.69) is 72.8 Å². The van der Waals surface area contributed by atoms with E-state index in [1.807, 2.05) is 6.07 Å². The first-order chi connectivity index (χ1) is 18.2. The lowest BCUT2D eigenvalue weighted by Gasteiger charge is -2.41. The number of fused-ring (bicyclic) bond motifs is 6. The smallest absolute Gasteiger partial charge is 0.370 e. The van der Waals surface area contributed by atoms with Gasteiger partial charge < -0.3 is 9.74 Å². The van der Waals surface area contributed by atoms with Gasteiger partial charge in [-0.25, -0.2) is 4.79 Å². The quantitative estimate of drug-likeness (QED) is 0.436. The van der Waals surface area contributed by atoms with Crippen LogP contribution in [0.1, 0.15) is 76.3 Å². The molecule has 2 amide bonds. The molecule has 0 aromatic heterocycles. The molecule has 1 aliphatic carbocycles. The molecule has 2 fully saturated rings. The first-order valence-electron chi connectivity index (χ1n) is 13.9. The minimum absolute atomic E-state index is 0.0321. The molecule has 6 rings (SSSR count). The number of hydroxylamine groups is 2. The molecule has 7 heteroatoms. The fourth-order valence-corrected chi connectivity index (χ4v) is 7.79. The first-order valence-corrected chi connectivity index (χ1v) is 13.9. The molecule has 1 saturated heterocycles. The standard InChI is InChI=1S/C31H36N3O4/c1-30-20-31(2)22-12-8-10-14-24(22)33(19-29(37)38-34-27(35)17-18-28(34)36)26(31)16-6-4-5-15-25(30)32(3)23-13-9-7-11-21(23)30/h7-14,25H,4-6,15-20H2,1-3H3/q+1. The van der Waals surface area contributed by atoms with Crippen molar-refractivity contribution in [1.82, 2.24) is 5.06 Å². The number of para-hydroxylation sites is 2. The number of hydrogen-bond acceptors (Lipinski definition) is 5. The molecule has 198 valence electrons. The zero-order chi connectivity index (χ0) is 26.7. The molecule has 3 atom stereocenters. The van der Waals surface area contributed by atoms with E-state index in [0.29, 0.717) is 11.1 Å². The average Bonchev–Trinajstić information content (AvgIpc) is 3.42. The van der Waals surface area contributed by atoms with Crippen molar-refractivity contribution >= 4 is 34.9 Å². The fraction of sp³-hybridized carbons (Fsp3) is 0.484. The summed E-state index contributed by atoms with van der Waals surface area (Å²) in [6.07, 6.45) is 6.48. The zero-order valence-corrected chi connectivity index (χ0v) is 22.5. The van der Waals surface area contributed by atoms with Crippen LogP contribution in [0.5, 0.6) is 0 Å². The molecule has 1 saturated carbocycles. The first kappa shape index (κ1) is 24.8. The van der Waals surface area contributed by atoms with Crippen molar-refractivity contribution in [3.8, 4) is 0 Å². The maximum absolute atomic E-state index is 13.1. The molecule has 3 aliphatic heterocycles. The van der Waals surface area contributed by atoms with E-state index in [1.165, 1.54) is 22.5 Å². The highest BCUT2D eigenvalue weighted by Crippen LogP contribution is 2.55. The summed E-state index contributed by atoms with van der Waals surface area (Å²) in [6.45, 7) is 4.73. The Kier molecular flexibility index (Phi) is 5.93. The molecule has 0 spiro atoms. The predicted molar refractivity (Wildman–Crippen MR) is 144 cm³/mol. The highest BCUT2D eigenvalue weighted by Gasteiger charge is 2.56. The number of imide groups is 1. The molecule has 0 bridgehead atoms. The van der Waals surface area contributed by atoms with Gasteiger partial charge in [0.05, 0.1) is 5.41 Å². The van der Waals surface area contributed by atoms with Crippen molar-refractivity contribution in [1.29, 1.82) is 0 Å². The van der Waals surface area contributed by atoms with Crippen molar-refractivity contribution in [3.05, 3.63) is 59.7 Å². The Bertz CT molecular complexity index is 1350. The SMILES string of the molecule is CN1c2ccccc2C2(C)CC3(C)C(=[N+](CC(=O)ON4C(=O)CCC4=O)c4ccccc43)CCCCCC12. The molecular weight excluding hydrogens is 478 g/mol. The largest absolute Gasteiger partial charge is 0.398 e. The summed E-state index contributed by atoms with van der Waals surface area (Å²) in [7, 11) is 2.24. The second-order valence-corrected chi connectivity index (χ2v) is 11.8. The van der Waals surface area contributed by atoms with Crippen LogP contribution < -0.4 is 4.90 Å². The topological polar surface area (TPSA) is 69.9 Å². The fourth-order valence-electron chi connectivity index (χ4n) is 7.79. The Labute approximate surface area is 224 Å². The van der Waals surface area contributed by atoms with E-state index >= 15 is 0 Å². The van der Waals surface area contributed by atoms with E-state index in [1.54, 1.807) is 0 Å². The Morgan fingerprint density at radius 1 is 0.947 bits per heavy atom. The van der Waals surface area contributed by atoms with Crippen LogP contribution in [0.25, 0.3) is 0 Å². The number of likely N-dealkylation sites (N-methyl/N-ethyl adjacent to an activating group) is 1. The summed E-state index contributed by atoms with van der Waals surface area (Å²) >= 11 is 0. The summed E-state index contributed by atoms with van der Waals surface area (Å²) < 4.78 is 2.10.